The zero-order valence-corrected chi connectivity index (χ0v) is 12.9. The summed E-state index contributed by atoms with van der Waals surface area (Å²) in [4.78, 5) is 9.22. The molecule has 0 aliphatic heterocycles. The molecule has 0 saturated heterocycles. The van der Waals surface area contributed by atoms with E-state index in [4.69, 9.17) is 0 Å². The second-order valence-corrected chi connectivity index (χ2v) is 6.00. The lowest BCUT2D eigenvalue weighted by molar-refractivity contribution is 0.145. The first-order valence-corrected chi connectivity index (χ1v) is 8.01. The molecule has 2 N–H and O–H groups in total. The average Bonchev–Trinajstić information content (AvgIpc) is 2.47. The predicted molar refractivity (Wildman–Crippen MR) is 88.8 cm³/mol. The molecule has 1 fully saturated rings. The van der Waals surface area contributed by atoms with Crippen LogP contribution in [0.5, 0.6) is 0 Å². The molecule has 112 valence electrons. The van der Waals surface area contributed by atoms with Crippen LogP contribution in [-0.2, 0) is 0 Å². The normalized spacial score (nSPS) is 16.5. The van der Waals surface area contributed by atoms with Gasteiger partial charge in [-0.25, -0.2) is 4.98 Å². The van der Waals surface area contributed by atoms with Gasteiger partial charge in [0, 0.05) is 18.5 Å². The molecule has 4 heteroatoms. The average molecular weight is 284 g/mol. The molecule has 1 aliphatic carbocycles. The minimum Gasteiger partial charge on any atom is -0.369 e. The molecule has 1 heterocycles. The van der Waals surface area contributed by atoms with E-state index in [1.165, 1.54) is 25.7 Å². The van der Waals surface area contributed by atoms with Gasteiger partial charge in [-0.15, -0.1) is 0 Å². The van der Waals surface area contributed by atoms with Crippen molar-refractivity contribution in [2.75, 3.05) is 23.7 Å². The molecular formula is C17H24N4. The van der Waals surface area contributed by atoms with Crippen LogP contribution in [0.25, 0.3) is 10.9 Å². The summed E-state index contributed by atoms with van der Waals surface area (Å²) in [5, 5.41) is 7.91. The van der Waals surface area contributed by atoms with E-state index >= 15 is 0 Å². The lowest BCUT2D eigenvalue weighted by Gasteiger charge is -2.41. The molecule has 3 rings (SSSR count). The van der Waals surface area contributed by atoms with Crippen LogP contribution < -0.4 is 10.6 Å². The summed E-state index contributed by atoms with van der Waals surface area (Å²) >= 11 is 0. The summed E-state index contributed by atoms with van der Waals surface area (Å²) in [7, 11) is 0. The molecule has 0 atom stereocenters. The summed E-state index contributed by atoms with van der Waals surface area (Å²) in [6.45, 7) is 6.20. The van der Waals surface area contributed by atoms with E-state index in [0.29, 0.717) is 11.4 Å². The van der Waals surface area contributed by atoms with Crippen molar-refractivity contribution in [1.29, 1.82) is 0 Å². The summed E-state index contributed by atoms with van der Waals surface area (Å²) in [6.07, 6.45) is 5.27. The van der Waals surface area contributed by atoms with E-state index in [9.17, 15) is 0 Å². The Labute approximate surface area is 126 Å². The van der Waals surface area contributed by atoms with Crippen molar-refractivity contribution in [2.24, 2.45) is 5.41 Å². The second kappa shape index (κ2) is 5.88. The zero-order valence-electron chi connectivity index (χ0n) is 12.9. The van der Waals surface area contributed by atoms with Crippen LogP contribution >= 0.6 is 0 Å². The van der Waals surface area contributed by atoms with Crippen molar-refractivity contribution >= 4 is 22.7 Å². The van der Waals surface area contributed by atoms with Crippen molar-refractivity contribution in [3.8, 4) is 0 Å². The highest BCUT2D eigenvalue weighted by atomic mass is 15.1. The van der Waals surface area contributed by atoms with E-state index in [2.05, 4.69) is 40.5 Å². The molecule has 0 bridgehead atoms. The van der Waals surface area contributed by atoms with Gasteiger partial charge in [-0.05, 0) is 43.7 Å². The van der Waals surface area contributed by atoms with Gasteiger partial charge in [-0.1, -0.05) is 25.5 Å². The van der Waals surface area contributed by atoms with Gasteiger partial charge >= 0.3 is 0 Å². The fraction of sp³-hybridized carbons (Fsp3) is 0.529. The molecule has 1 saturated carbocycles. The van der Waals surface area contributed by atoms with Crippen LogP contribution in [0.3, 0.4) is 0 Å². The Morgan fingerprint density at radius 1 is 1.10 bits per heavy atom. The molecule has 4 nitrogen and oxygen atoms in total. The molecule has 21 heavy (non-hydrogen) atoms. The molecule has 0 spiro atoms. The predicted octanol–water partition coefficient (Wildman–Crippen LogP) is 4.05. The van der Waals surface area contributed by atoms with Gasteiger partial charge in [0.2, 0.25) is 5.95 Å². The highest BCUT2D eigenvalue weighted by Crippen LogP contribution is 2.43. The van der Waals surface area contributed by atoms with Crippen molar-refractivity contribution < 1.29 is 0 Å². The van der Waals surface area contributed by atoms with Crippen LogP contribution in [0.15, 0.2) is 24.3 Å². The molecule has 2 aromatic rings. The number of aromatic nitrogens is 2. The number of benzene rings is 1. The van der Waals surface area contributed by atoms with Crippen molar-refractivity contribution in [2.45, 2.75) is 39.5 Å². The van der Waals surface area contributed by atoms with Gasteiger partial charge in [0.1, 0.15) is 5.82 Å². The fourth-order valence-corrected chi connectivity index (χ4v) is 3.05. The van der Waals surface area contributed by atoms with E-state index in [0.717, 1.165) is 29.8 Å². The van der Waals surface area contributed by atoms with E-state index in [1.54, 1.807) is 0 Å². The maximum atomic E-state index is 4.65. The number of rotatable bonds is 6. The second-order valence-electron chi connectivity index (χ2n) is 6.00. The quantitative estimate of drug-likeness (QED) is 0.840. The van der Waals surface area contributed by atoms with Crippen molar-refractivity contribution in [3.63, 3.8) is 0 Å². The van der Waals surface area contributed by atoms with Gasteiger partial charge in [0.05, 0.1) is 5.52 Å². The van der Waals surface area contributed by atoms with Crippen molar-refractivity contribution in [1.82, 2.24) is 9.97 Å². The lowest BCUT2D eigenvalue weighted by atomic mass is 9.67. The highest BCUT2D eigenvalue weighted by molar-refractivity contribution is 5.90. The SMILES string of the molecule is CCNc1nc(NCC2(CC)CCC2)c2ccccc2n1. The monoisotopic (exact) mass is 284 g/mol. The van der Waals surface area contributed by atoms with Crippen LogP contribution in [0.4, 0.5) is 11.8 Å². The summed E-state index contributed by atoms with van der Waals surface area (Å²) in [6, 6.07) is 8.20. The van der Waals surface area contributed by atoms with Gasteiger partial charge in [0.25, 0.3) is 0 Å². The maximum absolute atomic E-state index is 4.65. The third-order valence-electron chi connectivity index (χ3n) is 4.73. The van der Waals surface area contributed by atoms with Gasteiger partial charge < -0.3 is 10.6 Å². The first-order chi connectivity index (χ1) is 10.3. The van der Waals surface area contributed by atoms with E-state index in [1.807, 2.05) is 18.2 Å². The topological polar surface area (TPSA) is 49.8 Å². The molecular weight excluding hydrogens is 260 g/mol. The molecule has 1 aromatic heterocycles. The zero-order chi connectivity index (χ0) is 14.7. The van der Waals surface area contributed by atoms with Crippen LogP contribution in [0, 0.1) is 5.41 Å². The first kappa shape index (κ1) is 14.1. The molecule has 0 unspecified atom stereocenters. The number of nitrogens with one attached hydrogen (secondary N) is 2. The van der Waals surface area contributed by atoms with E-state index in [-0.39, 0.29) is 0 Å². The summed E-state index contributed by atoms with van der Waals surface area (Å²) < 4.78 is 0. The van der Waals surface area contributed by atoms with Crippen LogP contribution in [0.1, 0.15) is 39.5 Å². The highest BCUT2D eigenvalue weighted by Gasteiger charge is 2.34. The Morgan fingerprint density at radius 2 is 1.90 bits per heavy atom. The Bertz CT molecular complexity index is 614. The number of nitrogens with zero attached hydrogens (tertiary/aromatic N) is 2. The number of hydrogen-bond acceptors (Lipinski definition) is 4. The van der Waals surface area contributed by atoms with Crippen molar-refractivity contribution in [3.05, 3.63) is 24.3 Å². The van der Waals surface area contributed by atoms with Gasteiger partial charge in [-0.2, -0.15) is 4.98 Å². The third kappa shape index (κ3) is 2.80. The Kier molecular flexibility index (Phi) is 3.95. The van der Waals surface area contributed by atoms with Crippen LogP contribution in [0.2, 0.25) is 0 Å². The number of anilines is 2. The molecule has 0 radical (unpaired) electrons. The smallest absolute Gasteiger partial charge is 0.225 e. The Hall–Kier alpha value is -1.84. The third-order valence-corrected chi connectivity index (χ3v) is 4.73. The first-order valence-electron chi connectivity index (χ1n) is 8.01. The minimum atomic E-state index is 0.477. The van der Waals surface area contributed by atoms with Gasteiger partial charge in [-0.3, -0.25) is 0 Å². The molecule has 1 aliphatic rings. The fourth-order valence-electron chi connectivity index (χ4n) is 3.05. The maximum Gasteiger partial charge on any atom is 0.225 e. The Morgan fingerprint density at radius 3 is 2.57 bits per heavy atom. The van der Waals surface area contributed by atoms with Gasteiger partial charge in [0.15, 0.2) is 0 Å². The minimum absolute atomic E-state index is 0.477. The standard InChI is InChI=1S/C17H24N4/c1-3-17(10-7-11-17)12-19-15-13-8-5-6-9-14(13)20-16(21-15)18-4-2/h5-6,8-9H,3-4,7,10-12H2,1-2H3,(H2,18,19,20,21). The molecule has 1 aromatic carbocycles. The Balaban J connectivity index is 1.88. The summed E-state index contributed by atoms with van der Waals surface area (Å²) in [5.41, 5.74) is 1.47. The molecule has 0 amide bonds. The largest absolute Gasteiger partial charge is 0.369 e. The lowest BCUT2D eigenvalue weighted by Crippen LogP contribution is -2.36. The van der Waals surface area contributed by atoms with E-state index < -0.39 is 0 Å². The number of hydrogen-bond donors (Lipinski definition) is 2. The van der Waals surface area contributed by atoms with Crippen LogP contribution in [-0.4, -0.2) is 23.1 Å². The summed E-state index contributed by atoms with van der Waals surface area (Å²) in [5.74, 6) is 1.66. The number of fused-ring (bicyclic) bond motifs is 1. The number of para-hydroxylation sites is 1.